The van der Waals surface area contributed by atoms with Crippen LogP contribution in [-0.4, -0.2) is 69.3 Å². The molecule has 1 aliphatic heterocycles. The van der Waals surface area contributed by atoms with Gasteiger partial charge in [-0.15, -0.1) is 0 Å². The number of hydrogen-bond donors (Lipinski definition) is 2. The van der Waals surface area contributed by atoms with Crippen LogP contribution < -0.4 is 15.5 Å². The minimum Gasteiger partial charge on any atom is -0.378 e. The molecule has 1 aliphatic rings. The van der Waals surface area contributed by atoms with Gasteiger partial charge in [-0.25, -0.2) is 0 Å². The Hall–Kier alpha value is -2.64. The van der Waals surface area contributed by atoms with Crippen molar-refractivity contribution in [3.05, 3.63) is 48.3 Å². The Kier molecular flexibility index (Phi) is 7.22. The van der Waals surface area contributed by atoms with E-state index in [0.717, 1.165) is 56.3 Å². The monoisotopic (exact) mass is 383 g/mol. The van der Waals surface area contributed by atoms with Gasteiger partial charge in [-0.1, -0.05) is 12.1 Å². The van der Waals surface area contributed by atoms with E-state index in [4.69, 9.17) is 4.74 Å². The van der Waals surface area contributed by atoms with Crippen molar-refractivity contribution in [2.24, 2.45) is 0 Å². The van der Waals surface area contributed by atoms with Crippen molar-refractivity contribution < 1.29 is 9.53 Å². The average Bonchev–Trinajstić information content (AvgIpc) is 2.72. The minimum absolute atomic E-state index is 0.149. The summed E-state index contributed by atoms with van der Waals surface area (Å²) in [6, 6.07) is 11.9. The quantitative estimate of drug-likeness (QED) is 0.682. The SMILES string of the molecule is CN(C)CCCNC(=O)c1cc(Nc2ccccc2N2CCOCC2)ccn1. The summed E-state index contributed by atoms with van der Waals surface area (Å²) >= 11 is 0. The number of amides is 1. The van der Waals surface area contributed by atoms with Crippen molar-refractivity contribution >= 4 is 23.0 Å². The van der Waals surface area contributed by atoms with Crippen LogP contribution in [0.25, 0.3) is 0 Å². The number of nitrogens with one attached hydrogen (secondary N) is 2. The predicted octanol–water partition coefficient (Wildman–Crippen LogP) is 2.34. The molecule has 0 radical (unpaired) electrons. The van der Waals surface area contributed by atoms with E-state index in [9.17, 15) is 4.79 Å². The number of ether oxygens (including phenoxy) is 1. The van der Waals surface area contributed by atoms with Crippen LogP contribution >= 0.6 is 0 Å². The van der Waals surface area contributed by atoms with Gasteiger partial charge in [-0.3, -0.25) is 9.78 Å². The molecule has 1 fully saturated rings. The number of hydrogen-bond acceptors (Lipinski definition) is 6. The van der Waals surface area contributed by atoms with E-state index >= 15 is 0 Å². The second-order valence-electron chi connectivity index (χ2n) is 7.08. The first-order chi connectivity index (χ1) is 13.6. The number of para-hydroxylation sites is 2. The van der Waals surface area contributed by atoms with Crippen LogP contribution in [0.1, 0.15) is 16.9 Å². The number of carbonyl (C=O) groups excluding carboxylic acids is 1. The minimum atomic E-state index is -0.149. The van der Waals surface area contributed by atoms with Crippen molar-refractivity contribution in [1.29, 1.82) is 0 Å². The first-order valence-electron chi connectivity index (χ1n) is 9.71. The van der Waals surface area contributed by atoms with Crippen LogP contribution in [0.5, 0.6) is 0 Å². The maximum absolute atomic E-state index is 12.4. The third kappa shape index (κ3) is 5.68. The van der Waals surface area contributed by atoms with E-state index in [1.807, 2.05) is 38.4 Å². The third-order valence-corrected chi connectivity index (χ3v) is 4.60. The Bertz CT molecular complexity index is 775. The normalized spacial score (nSPS) is 14.2. The molecule has 3 rings (SSSR count). The standard InChI is InChI=1S/C21H29N5O2/c1-25(2)11-5-9-23-21(27)19-16-17(8-10-22-19)24-18-6-3-4-7-20(18)26-12-14-28-15-13-26/h3-4,6-8,10,16H,5,9,11-15H2,1-2H3,(H,22,24)(H,23,27). The van der Waals surface area contributed by atoms with Gasteiger partial charge >= 0.3 is 0 Å². The second-order valence-corrected chi connectivity index (χ2v) is 7.08. The van der Waals surface area contributed by atoms with Gasteiger partial charge in [0.25, 0.3) is 5.91 Å². The smallest absolute Gasteiger partial charge is 0.269 e. The summed E-state index contributed by atoms with van der Waals surface area (Å²) in [5, 5.41) is 6.37. The number of benzene rings is 1. The Morgan fingerprint density at radius 2 is 2.00 bits per heavy atom. The number of pyridine rings is 1. The Balaban J connectivity index is 1.65. The van der Waals surface area contributed by atoms with E-state index in [1.54, 1.807) is 12.3 Å². The van der Waals surface area contributed by atoms with Crippen molar-refractivity contribution in [2.45, 2.75) is 6.42 Å². The average molecular weight is 383 g/mol. The first kappa shape index (κ1) is 20.1. The number of rotatable bonds is 8. The predicted molar refractivity (Wildman–Crippen MR) is 112 cm³/mol. The molecule has 0 unspecified atom stereocenters. The molecule has 0 bridgehead atoms. The van der Waals surface area contributed by atoms with E-state index in [0.29, 0.717) is 12.2 Å². The largest absolute Gasteiger partial charge is 0.378 e. The molecule has 28 heavy (non-hydrogen) atoms. The van der Waals surface area contributed by atoms with Gasteiger partial charge in [0.1, 0.15) is 5.69 Å². The summed E-state index contributed by atoms with van der Waals surface area (Å²) in [5.74, 6) is -0.149. The van der Waals surface area contributed by atoms with Crippen LogP contribution in [0.2, 0.25) is 0 Å². The molecular weight excluding hydrogens is 354 g/mol. The highest BCUT2D eigenvalue weighted by atomic mass is 16.5. The molecule has 2 N–H and O–H groups in total. The van der Waals surface area contributed by atoms with Crippen molar-refractivity contribution in [3.8, 4) is 0 Å². The summed E-state index contributed by atoms with van der Waals surface area (Å²) in [6.07, 6.45) is 2.57. The second kappa shape index (κ2) is 10.1. The van der Waals surface area contributed by atoms with Crippen molar-refractivity contribution in [2.75, 3.05) is 63.7 Å². The van der Waals surface area contributed by atoms with E-state index in [1.165, 1.54) is 0 Å². The van der Waals surface area contributed by atoms with E-state index in [-0.39, 0.29) is 5.91 Å². The van der Waals surface area contributed by atoms with E-state index < -0.39 is 0 Å². The van der Waals surface area contributed by atoms with Gasteiger partial charge in [-0.05, 0) is 51.3 Å². The van der Waals surface area contributed by atoms with Crippen molar-refractivity contribution in [1.82, 2.24) is 15.2 Å². The highest BCUT2D eigenvalue weighted by Gasteiger charge is 2.15. The topological polar surface area (TPSA) is 69.7 Å². The summed E-state index contributed by atoms with van der Waals surface area (Å²) in [6.45, 7) is 4.79. The van der Waals surface area contributed by atoms with Crippen LogP contribution in [0.4, 0.5) is 17.1 Å². The summed E-state index contributed by atoms with van der Waals surface area (Å²) < 4.78 is 5.46. The van der Waals surface area contributed by atoms with Gasteiger partial charge in [0.05, 0.1) is 24.6 Å². The molecular formula is C21H29N5O2. The van der Waals surface area contributed by atoms with Crippen LogP contribution in [0.15, 0.2) is 42.6 Å². The fourth-order valence-corrected chi connectivity index (χ4v) is 3.14. The zero-order valence-electron chi connectivity index (χ0n) is 16.6. The number of nitrogens with zero attached hydrogens (tertiary/aromatic N) is 3. The molecule has 7 heteroatoms. The van der Waals surface area contributed by atoms with Crippen LogP contribution in [-0.2, 0) is 4.74 Å². The Labute approximate surface area is 166 Å². The van der Waals surface area contributed by atoms with Gasteiger partial charge in [0.2, 0.25) is 0 Å². The lowest BCUT2D eigenvalue weighted by molar-refractivity contribution is 0.0947. The lowest BCUT2D eigenvalue weighted by atomic mass is 10.2. The highest BCUT2D eigenvalue weighted by Crippen LogP contribution is 2.29. The summed E-state index contributed by atoms with van der Waals surface area (Å²) in [4.78, 5) is 21.0. The summed E-state index contributed by atoms with van der Waals surface area (Å²) in [5.41, 5.74) is 3.40. The number of aromatic nitrogens is 1. The number of morpholine rings is 1. The molecule has 2 aromatic rings. The molecule has 0 aliphatic carbocycles. The molecule has 0 saturated carbocycles. The number of anilines is 3. The van der Waals surface area contributed by atoms with Crippen LogP contribution in [0.3, 0.4) is 0 Å². The van der Waals surface area contributed by atoms with Crippen LogP contribution in [0, 0.1) is 0 Å². The Morgan fingerprint density at radius 1 is 1.21 bits per heavy atom. The zero-order chi connectivity index (χ0) is 19.8. The maximum Gasteiger partial charge on any atom is 0.269 e. The number of carbonyl (C=O) groups is 1. The molecule has 1 aromatic heterocycles. The fourth-order valence-electron chi connectivity index (χ4n) is 3.14. The molecule has 0 spiro atoms. The molecule has 1 amide bonds. The highest BCUT2D eigenvalue weighted by molar-refractivity contribution is 5.93. The third-order valence-electron chi connectivity index (χ3n) is 4.60. The lowest BCUT2D eigenvalue weighted by Crippen LogP contribution is -2.36. The Morgan fingerprint density at radius 3 is 2.79 bits per heavy atom. The van der Waals surface area contributed by atoms with E-state index in [2.05, 4.69) is 31.5 Å². The molecule has 2 heterocycles. The lowest BCUT2D eigenvalue weighted by Gasteiger charge is -2.30. The van der Waals surface area contributed by atoms with Gasteiger partial charge < -0.3 is 25.2 Å². The summed E-state index contributed by atoms with van der Waals surface area (Å²) in [7, 11) is 4.04. The molecule has 7 nitrogen and oxygen atoms in total. The molecule has 1 saturated heterocycles. The molecule has 1 aromatic carbocycles. The van der Waals surface area contributed by atoms with Gasteiger partial charge in [0.15, 0.2) is 0 Å². The maximum atomic E-state index is 12.4. The fraction of sp³-hybridized carbons (Fsp3) is 0.429. The first-order valence-corrected chi connectivity index (χ1v) is 9.71. The van der Waals surface area contributed by atoms with Gasteiger partial charge in [-0.2, -0.15) is 0 Å². The molecule has 0 atom stereocenters. The molecule has 150 valence electrons. The van der Waals surface area contributed by atoms with Crippen molar-refractivity contribution in [3.63, 3.8) is 0 Å². The zero-order valence-corrected chi connectivity index (χ0v) is 16.6. The van der Waals surface area contributed by atoms with Gasteiger partial charge in [0, 0.05) is 31.5 Å².